The van der Waals surface area contributed by atoms with Gasteiger partial charge in [-0.25, -0.2) is 0 Å². The number of thiophene rings is 1. The highest BCUT2D eigenvalue weighted by molar-refractivity contribution is 7.12. The van der Waals surface area contributed by atoms with Crippen LogP contribution in [-0.2, 0) is 11.4 Å². The Morgan fingerprint density at radius 3 is 2.95 bits per heavy atom. The van der Waals surface area contributed by atoms with Gasteiger partial charge in [0.1, 0.15) is 12.4 Å². The Bertz CT molecular complexity index is 702. The van der Waals surface area contributed by atoms with Gasteiger partial charge in [-0.2, -0.15) is 0 Å². The van der Waals surface area contributed by atoms with E-state index in [0.717, 1.165) is 5.56 Å². The number of carbonyl (C=O) groups excluding carboxylic acids is 1. The first-order valence-electron chi connectivity index (χ1n) is 6.18. The molecule has 1 aliphatic heterocycles. The number of hydrogen-bond acceptors (Lipinski definition) is 4. The van der Waals surface area contributed by atoms with Gasteiger partial charge in [0.25, 0.3) is 0 Å². The van der Waals surface area contributed by atoms with E-state index in [4.69, 9.17) is 9.84 Å². The monoisotopic (exact) mass is 288 g/mol. The first-order chi connectivity index (χ1) is 9.58. The van der Waals surface area contributed by atoms with E-state index in [-0.39, 0.29) is 5.78 Å². The lowest BCUT2D eigenvalue weighted by molar-refractivity contribution is -0.138. The lowest BCUT2D eigenvalue weighted by Gasteiger charge is -2.11. The molecule has 0 fully saturated rings. The molecule has 20 heavy (non-hydrogen) atoms. The van der Waals surface area contributed by atoms with Crippen molar-refractivity contribution in [3.8, 4) is 5.75 Å². The number of carbonyl (C=O) groups is 2. The normalized spacial score (nSPS) is 14.8. The van der Waals surface area contributed by atoms with Crippen LogP contribution in [0.1, 0.15) is 39.2 Å². The Hall–Kier alpha value is -2.14. The van der Waals surface area contributed by atoms with E-state index in [1.165, 1.54) is 11.3 Å². The fraction of sp³-hybridized carbons (Fsp3) is 0.200. The molecule has 0 unspecified atom stereocenters. The minimum Gasteiger partial charge on any atom is -0.488 e. The summed E-state index contributed by atoms with van der Waals surface area (Å²) in [5, 5.41) is 10.9. The van der Waals surface area contributed by atoms with Crippen molar-refractivity contribution < 1.29 is 19.4 Å². The van der Waals surface area contributed by atoms with Gasteiger partial charge in [-0.15, -0.1) is 11.3 Å². The van der Waals surface area contributed by atoms with Crippen LogP contribution >= 0.6 is 11.3 Å². The highest BCUT2D eigenvalue weighted by atomic mass is 32.1. The molecule has 2 heterocycles. The van der Waals surface area contributed by atoms with Crippen molar-refractivity contribution in [1.82, 2.24) is 0 Å². The third-order valence-corrected chi connectivity index (χ3v) is 4.41. The van der Waals surface area contributed by atoms with Gasteiger partial charge < -0.3 is 9.84 Å². The molecule has 0 amide bonds. The Balaban J connectivity index is 2.05. The Kier molecular flexibility index (Phi) is 3.06. The second-order valence-corrected chi connectivity index (χ2v) is 5.62. The van der Waals surface area contributed by atoms with Crippen LogP contribution in [0.25, 0.3) is 0 Å². The van der Waals surface area contributed by atoms with E-state index in [9.17, 15) is 9.59 Å². The second-order valence-electron chi connectivity index (χ2n) is 4.71. The Morgan fingerprint density at radius 1 is 1.40 bits per heavy atom. The van der Waals surface area contributed by atoms with Crippen molar-refractivity contribution in [3.05, 3.63) is 51.2 Å². The molecule has 1 aliphatic rings. The zero-order chi connectivity index (χ0) is 14.3. The molecule has 2 aromatic rings. The van der Waals surface area contributed by atoms with Crippen molar-refractivity contribution in [2.75, 3.05) is 0 Å². The van der Waals surface area contributed by atoms with Crippen LogP contribution in [0.4, 0.5) is 0 Å². The minimum absolute atomic E-state index is 0.0583. The van der Waals surface area contributed by atoms with Gasteiger partial charge in [-0.3, -0.25) is 9.59 Å². The molecule has 1 aromatic heterocycles. The largest absolute Gasteiger partial charge is 0.488 e. The number of ketones is 1. The number of hydrogen-bond donors (Lipinski definition) is 1. The van der Waals surface area contributed by atoms with E-state index in [1.807, 2.05) is 11.4 Å². The molecule has 5 heteroatoms. The Labute approximate surface area is 119 Å². The maximum Gasteiger partial charge on any atom is 0.310 e. The lowest BCUT2D eigenvalue weighted by atomic mass is 9.98. The smallest absolute Gasteiger partial charge is 0.310 e. The summed E-state index contributed by atoms with van der Waals surface area (Å²) in [6.45, 7) is 1.95. The highest BCUT2D eigenvalue weighted by Crippen LogP contribution is 2.33. The van der Waals surface area contributed by atoms with Crippen molar-refractivity contribution in [2.45, 2.75) is 19.4 Å². The van der Waals surface area contributed by atoms with Gasteiger partial charge in [0.05, 0.1) is 16.4 Å². The lowest BCUT2D eigenvalue weighted by Crippen LogP contribution is -2.08. The topological polar surface area (TPSA) is 63.6 Å². The van der Waals surface area contributed by atoms with Crippen molar-refractivity contribution in [1.29, 1.82) is 0 Å². The van der Waals surface area contributed by atoms with E-state index >= 15 is 0 Å². The average molecular weight is 288 g/mol. The summed E-state index contributed by atoms with van der Waals surface area (Å²) >= 11 is 1.40. The summed E-state index contributed by atoms with van der Waals surface area (Å²) in [6, 6.07) is 6.87. The van der Waals surface area contributed by atoms with Gasteiger partial charge >= 0.3 is 5.97 Å². The molecular formula is C15H12O4S. The molecule has 1 atom stereocenters. The molecular weight excluding hydrogens is 276 g/mol. The van der Waals surface area contributed by atoms with Gasteiger partial charge in [-0.1, -0.05) is 6.07 Å². The van der Waals surface area contributed by atoms with Gasteiger partial charge in [0.15, 0.2) is 0 Å². The number of rotatable bonds is 2. The van der Waals surface area contributed by atoms with E-state index < -0.39 is 11.9 Å². The van der Waals surface area contributed by atoms with Crippen LogP contribution < -0.4 is 4.74 Å². The van der Waals surface area contributed by atoms with E-state index in [2.05, 4.69) is 0 Å². The molecule has 1 aromatic carbocycles. The second kappa shape index (κ2) is 4.76. The van der Waals surface area contributed by atoms with Crippen LogP contribution in [0.3, 0.4) is 0 Å². The summed E-state index contributed by atoms with van der Waals surface area (Å²) in [7, 11) is 0. The summed E-state index contributed by atoms with van der Waals surface area (Å²) in [4.78, 5) is 24.1. The SMILES string of the molecule is C[C@H](C(=O)O)c1ccc2c(c1)OCc1ccsc1C2=O. The highest BCUT2D eigenvalue weighted by Gasteiger charge is 2.25. The number of aliphatic carboxylic acids is 1. The molecule has 0 radical (unpaired) electrons. The molecule has 0 aliphatic carbocycles. The van der Waals surface area contributed by atoms with Crippen LogP contribution in [0.15, 0.2) is 29.6 Å². The number of benzene rings is 1. The van der Waals surface area contributed by atoms with Crippen LogP contribution in [0.2, 0.25) is 0 Å². The number of ether oxygens (including phenoxy) is 1. The summed E-state index contributed by atoms with van der Waals surface area (Å²) in [5.41, 5.74) is 2.01. The predicted octanol–water partition coefficient (Wildman–Crippen LogP) is 3.06. The third-order valence-electron chi connectivity index (χ3n) is 3.46. The van der Waals surface area contributed by atoms with E-state index in [0.29, 0.717) is 28.4 Å². The molecule has 4 nitrogen and oxygen atoms in total. The molecule has 1 N–H and O–H groups in total. The van der Waals surface area contributed by atoms with Crippen molar-refractivity contribution in [3.63, 3.8) is 0 Å². The van der Waals surface area contributed by atoms with Crippen LogP contribution in [0, 0.1) is 0 Å². The number of carboxylic acid groups (broad SMARTS) is 1. The standard InChI is InChI=1S/C15H12O4S/c1-8(15(17)18)9-2-3-11-12(6-9)19-7-10-4-5-20-14(10)13(11)16/h2-6,8H,7H2,1H3,(H,17,18)/t8-/m0/s1. The van der Waals surface area contributed by atoms with Gasteiger partial charge in [0.2, 0.25) is 5.78 Å². The van der Waals surface area contributed by atoms with Gasteiger partial charge in [0, 0.05) is 5.56 Å². The van der Waals surface area contributed by atoms with Crippen molar-refractivity contribution in [2.24, 2.45) is 0 Å². The molecule has 0 bridgehead atoms. The number of carboxylic acids is 1. The minimum atomic E-state index is -0.899. The third kappa shape index (κ3) is 2.00. The molecule has 0 saturated carbocycles. The summed E-state index contributed by atoms with van der Waals surface area (Å²) in [6.07, 6.45) is 0. The Morgan fingerprint density at radius 2 is 2.20 bits per heavy atom. The zero-order valence-electron chi connectivity index (χ0n) is 10.8. The molecule has 102 valence electrons. The van der Waals surface area contributed by atoms with Crippen molar-refractivity contribution >= 4 is 23.1 Å². The zero-order valence-corrected chi connectivity index (χ0v) is 11.6. The molecule has 3 rings (SSSR count). The summed E-state index contributed by atoms with van der Waals surface area (Å²) < 4.78 is 5.67. The van der Waals surface area contributed by atoms with Gasteiger partial charge in [-0.05, 0) is 36.1 Å². The fourth-order valence-electron chi connectivity index (χ4n) is 2.18. The molecule has 0 spiro atoms. The predicted molar refractivity (Wildman–Crippen MR) is 74.6 cm³/mol. The molecule has 0 saturated heterocycles. The fourth-order valence-corrected chi connectivity index (χ4v) is 3.05. The first-order valence-corrected chi connectivity index (χ1v) is 7.06. The number of fused-ring (bicyclic) bond motifs is 2. The quantitative estimate of drug-likeness (QED) is 0.922. The maximum atomic E-state index is 12.4. The van der Waals surface area contributed by atoms with Crippen LogP contribution in [0.5, 0.6) is 5.75 Å². The van der Waals surface area contributed by atoms with E-state index in [1.54, 1.807) is 25.1 Å². The maximum absolute atomic E-state index is 12.4. The first kappa shape index (κ1) is 12.9. The average Bonchev–Trinajstić information content (AvgIpc) is 2.87. The van der Waals surface area contributed by atoms with Crippen LogP contribution in [-0.4, -0.2) is 16.9 Å². The summed E-state index contributed by atoms with van der Waals surface area (Å²) in [5.74, 6) is -1.12.